The van der Waals surface area contributed by atoms with E-state index < -0.39 is 21.7 Å². The zero-order valence-corrected chi connectivity index (χ0v) is 18.8. The van der Waals surface area contributed by atoms with Crippen LogP contribution >= 0.6 is 11.8 Å². The first-order valence-corrected chi connectivity index (χ1v) is 11.7. The predicted molar refractivity (Wildman–Crippen MR) is 121 cm³/mol. The average molecular weight is 479 g/mol. The molecule has 6 nitrogen and oxygen atoms in total. The van der Waals surface area contributed by atoms with Gasteiger partial charge in [-0.1, -0.05) is 17.8 Å². The first-order valence-electron chi connectivity index (χ1n) is 9.32. The number of ether oxygens (including phenoxy) is 1. The summed E-state index contributed by atoms with van der Waals surface area (Å²) in [6.45, 7) is 1.69. The van der Waals surface area contributed by atoms with Crippen molar-refractivity contribution in [1.29, 1.82) is 0 Å². The number of alkyl halides is 2. The van der Waals surface area contributed by atoms with Crippen LogP contribution in [0.3, 0.4) is 0 Å². The van der Waals surface area contributed by atoms with E-state index >= 15 is 0 Å². The Morgan fingerprint density at radius 2 is 1.59 bits per heavy atom. The van der Waals surface area contributed by atoms with Crippen molar-refractivity contribution in [1.82, 2.24) is 0 Å². The Hall–Kier alpha value is -3.11. The quantitative estimate of drug-likeness (QED) is 0.425. The van der Waals surface area contributed by atoms with Gasteiger partial charge in [0.1, 0.15) is 5.75 Å². The van der Waals surface area contributed by atoms with Gasteiger partial charge in [0.05, 0.1) is 12.0 Å². The highest BCUT2D eigenvalue weighted by Crippen LogP contribution is 2.27. The molecule has 0 unspecified atom stereocenters. The number of methoxy groups -OCH3 is 1. The van der Waals surface area contributed by atoms with Crippen LogP contribution in [-0.4, -0.2) is 27.2 Å². The summed E-state index contributed by atoms with van der Waals surface area (Å²) in [6.07, 6.45) is 0. The third kappa shape index (κ3) is 5.98. The molecule has 3 aromatic rings. The third-order valence-electron chi connectivity index (χ3n) is 4.44. The van der Waals surface area contributed by atoms with Crippen LogP contribution in [0.25, 0.3) is 0 Å². The maximum Gasteiger partial charge on any atom is 0.288 e. The van der Waals surface area contributed by atoms with Gasteiger partial charge >= 0.3 is 0 Å². The number of amides is 1. The minimum Gasteiger partial charge on any atom is -0.497 e. The van der Waals surface area contributed by atoms with E-state index in [1.165, 1.54) is 43.5 Å². The monoisotopic (exact) mass is 478 g/mol. The molecule has 3 aromatic carbocycles. The largest absolute Gasteiger partial charge is 0.497 e. The minimum atomic E-state index is -3.94. The van der Waals surface area contributed by atoms with Gasteiger partial charge in [-0.15, -0.1) is 0 Å². The van der Waals surface area contributed by atoms with Crippen LogP contribution in [0.15, 0.2) is 76.5 Å². The standard InChI is InChI=1S/C22H20F2N2O4S2/c1-14-3-12-19(32(28,29)26-16-4-8-17(30-2)9-5-16)13-20(14)21(27)25-15-6-10-18(11-7-15)31-22(23)24/h3-13,22,26H,1-2H3,(H,25,27). The highest BCUT2D eigenvalue weighted by molar-refractivity contribution is 7.99. The molecule has 2 N–H and O–H groups in total. The molecule has 0 bridgehead atoms. The van der Waals surface area contributed by atoms with Gasteiger partial charge in [0.15, 0.2) is 0 Å². The van der Waals surface area contributed by atoms with E-state index in [2.05, 4.69) is 10.0 Å². The second kappa shape index (κ2) is 10.0. The lowest BCUT2D eigenvalue weighted by molar-refractivity contribution is 0.102. The van der Waals surface area contributed by atoms with Crippen LogP contribution in [-0.2, 0) is 10.0 Å². The number of thioether (sulfide) groups is 1. The van der Waals surface area contributed by atoms with Crippen LogP contribution in [0.5, 0.6) is 5.75 Å². The molecule has 0 aromatic heterocycles. The molecule has 1 amide bonds. The number of aryl methyl sites for hydroxylation is 1. The lowest BCUT2D eigenvalue weighted by Crippen LogP contribution is -2.17. The van der Waals surface area contributed by atoms with Crippen LogP contribution in [0.2, 0.25) is 0 Å². The molecule has 0 aliphatic heterocycles. The number of nitrogens with one attached hydrogen (secondary N) is 2. The maximum atomic E-state index is 12.8. The van der Waals surface area contributed by atoms with Crippen molar-refractivity contribution in [3.63, 3.8) is 0 Å². The van der Waals surface area contributed by atoms with Crippen LogP contribution in [0.1, 0.15) is 15.9 Å². The average Bonchev–Trinajstić information content (AvgIpc) is 2.75. The van der Waals surface area contributed by atoms with Crippen molar-refractivity contribution in [3.05, 3.63) is 77.9 Å². The zero-order chi connectivity index (χ0) is 23.3. The summed E-state index contributed by atoms with van der Waals surface area (Å²) in [5.74, 6) is -2.46. The summed E-state index contributed by atoms with van der Waals surface area (Å²) in [5, 5.41) is 2.66. The van der Waals surface area contributed by atoms with Gasteiger partial charge < -0.3 is 10.1 Å². The Morgan fingerprint density at radius 1 is 0.969 bits per heavy atom. The smallest absolute Gasteiger partial charge is 0.288 e. The number of carbonyl (C=O) groups excluding carboxylic acids is 1. The molecule has 0 fully saturated rings. The fourth-order valence-corrected chi connectivity index (χ4v) is 4.39. The second-order valence-corrected chi connectivity index (χ2v) is 9.41. The van der Waals surface area contributed by atoms with E-state index in [9.17, 15) is 22.0 Å². The molecular formula is C22H20F2N2O4S2. The Bertz CT molecular complexity index is 1200. The minimum absolute atomic E-state index is 0.0762. The number of sulfonamides is 1. The molecule has 3 rings (SSSR count). The molecule has 0 saturated carbocycles. The number of rotatable bonds is 8. The topological polar surface area (TPSA) is 84.5 Å². The Balaban J connectivity index is 1.78. The molecule has 0 spiro atoms. The van der Waals surface area contributed by atoms with Crippen molar-refractivity contribution < 1.29 is 26.7 Å². The van der Waals surface area contributed by atoms with Crippen molar-refractivity contribution in [2.75, 3.05) is 17.1 Å². The molecule has 0 heterocycles. The number of benzene rings is 3. The second-order valence-electron chi connectivity index (χ2n) is 6.67. The molecule has 0 radical (unpaired) electrons. The number of carbonyl (C=O) groups is 1. The van der Waals surface area contributed by atoms with Gasteiger partial charge in [-0.2, -0.15) is 8.78 Å². The van der Waals surface area contributed by atoms with E-state index in [0.717, 1.165) is 0 Å². The summed E-state index contributed by atoms with van der Waals surface area (Å²) in [5.41, 5.74) is 1.50. The van der Waals surface area contributed by atoms with Gasteiger partial charge in [0, 0.05) is 21.8 Å². The van der Waals surface area contributed by atoms with Crippen molar-refractivity contribution >= 4 is 39.1 Å². The summed E-state index contributed by atoms with van der Waals surface area (Å²) >= 11 is 0.406. The summed E-state index contributed by atoms with van der Waals surface area (Å²) in [4.78, 5) is 13.0. The summed E-state index contributed by atoms with van der Waals surface area (Å²) in [7, 11) is -2.43. The lowest BCUT2D eigenvalue weighted by Gasteiger charge is -2.12. The van der Waals surface area contributed by atoms with Crippen LogP contribution in [0, 0.1) is 6.92 Å². The van der Waals surface area contributed by atoms with Gasteiger partial charge in [0.25, 0.3) is 21.7 Å². The SMILES string of the molecule is COc1ccc(NS(=O)(=O)c2ccc(C)c(C(=O)Nc3ccc(SC(F)F)cc3)c2)cc1. The van der Waals surface area contributed by atoms with E-state index in [0.29, 0.717) is 39.3 Å². The Kier molecular flexibility index (Phi) is 7.37. The Labute approximate surface area is 189 Å². The number of hydrogen-bond acceptors (Lipinski definition) is 5. The van der Waals surface area contributed by atoms with Gasteiger partial charge in [-0.3, -0.25) is 9.52 Å². The number of halogens is 2. The highest BCUT2D eigenvalue weighted by atomic mass is 32.2. The molecule has 10 heteroatoms. The first kappa shape index (κ1) is 23.6. The van der Waals surface area contributed by atoms with Gasteiger partial charge in [-0.05, 0) is 73.2 Å². The first-order chi connectivity index (χ1) is 15.2. The van der Waals surface area contributed by atoms with E-state index in [1.54, 1.807) is 37.3 Å². The Morgan fingerprint density at radius 3 is 2.19 bits per heavy atom. The predicted octanol–water partition coefficient (Wildman–Crippen LogP) is 5.37. The summed E-state index contributed by atoms with van der Waals surface area (Å²) in [6, 6.07) is 16.6. The third-order valence-corrected chi connectivity index (χ3v) is 6.55. The molecule has 0 aliphatic rings. The fourth-order valence-electron chi connectivity index (χ4n) is 2.80. The molecule has 0 saturated heterocycles. The molecule has 32 heavy (non-hydrogen) atoms. The van der Waals surface area contributed by atoms with Crippen molar-refractivity contribution in [2.45, 2.75) is 22.5 Å². The van der Waals surface area contributed by atoms with E-state index in [1.807, 2.05) is 0 Å². The summed E-state index contributed by atoms with van der Waals surface area (Å²) < 4.78 is 58.0. The van der Waals surface area contributed by atoms with Gasteiger partial charge in [0.2, 0.25) is 0 Å². The molecular weight excluding hydrogens is 458 g/mol. The lowest BCUT2D eigenvalue weighted by atomic mass is 10.1. The number of hydrogen-bond donors (Lipinski definition) is 2. The highest BCUT2D eigenvalue weighted by Gasteiger charge is 2.19. The molecule has 0 aliphatic carbocycles. The maximum absolute atomic E-state index is 12.8. The van der Waals surface area contributed by atoms with Crippen molar-refractivity contribution in [2.24, 2.45) is 0 Å². The van der Waals surface area contributed by atoms with Gasteiger partial charge in [-0.25, -0.2) is 8.42 Å². The van der Waals surface area contributed by atoms with Crippen LogP contribution in [0.4, 0.5) is 20.2 Å². The van der Waals surface area contributed by atoms with Crippen molar-refractivity contribution in [3.8, 4) is 5.75 Å². The number of anilines is 2. The van der Waals surface area contributed by atoms with E-state index in [4.69, 9.17) is 4.74 Å². The van der Waals surface area contributed by atoms with E-state index in [-0.39, 0.29) is 10.5 Å². The van der Waals surface area contributed by atoms with Crippen LogP contribution < -0.4 is 14.8 Å². The molecule has 0 atom stereocenters. The normalized spacial score (nSPS) is 11.3. The zero-order valence-electron chi connectivity index (χ0n) is 17.1. The fraction of sp³-hybridized carbons (Fsp3) is 0.136. The molecule has 168 valence electrons.